The second kappa shape index (κ2) is 6.14. The number of hydrogen-bond acceptors (Lipinski definition) is 5. The molecule has 1 amide bonds. The first-order chi connectivity index (χ1) is 9.11. The van der Waals surface area contributed by atoms with Crippen LogP contribution in [-0.4, -0.2) is 28.4 Å². The number of pyridine rings is 1. The number of thioether (sulfide) groups is 1. The Hall–Kier alpha value is -1.43. The zero-order chi connectivity index (χ0) is 13.8. The molecule has 0 bridgehead atoms. The molecular formula is C13H20N4OS. The van der Waals surface area contributed by atoms with Gasteiger partial charge >= 0.3 is 0 Å². The molecule has 2 atom stereocenters. The summed E-state index contributed by atoms with van der Waals surface area (Å²) in [7, 11) is 0. The first-order valence-electron chi connectivity index (χ1n) is 6.46. The van der Waals surface area contributed by atoms with Crippen molar-refractivity contribution in [2.45, 2.75) is 37.0 Å². The number of rotatable bonds is 4. The number of nitrogen functional groups attached to an aromatic ring is 1. The standard InChI is InChI=1S/C13H20N4OS/c1-19-11-5-3-2-4-10(11)17-13-9(12(15)18)6-8(14)7-16-13/h6-7,10-11H,2-5,14H2,1H3,(H2,15,18)(H,16,17). The van der Waals surface area contributed by atoms with E-state index in [1.54, 1.807) is 12.3 Å². The molecule has 1 aliphatic rings. The Bertz CT molecular complexity index is 466. The lowest BCUT2D eigenvalue weighted by atomic mass is 9.94. The summed E-state index contributed by atoms with van der Waals surface area (Å²) >= 11 is 1.86. The second-order valence-corrected chi connectivity index (χ2v) is 5.92. The van der Waals surface area contributed by atoms with Gasteiger partial charge in [0.1, 0.15) is 5.82 Å². The fourth-order valence-corrected chi connectivity index (χ4v) is 3.44. The van der Waals surface area contributed by atoms with Crippen molar-refractivity contribution in [2.24, 2.45) is 5.73 Å². The van der Waals surface area contributed by atoms with Gasteiger partial charge < -0.3 is 16.8 Å². The zero-order valence-electron chi connectivity index (χ0n) is 11.1. The molecule has 1 aromatic rings. The average molecular weight is 280 g/mol. The van der Waals surface area contributed by atoms with E-state index < -0.39 is 5.91 Å². The fraction of sp³-hybridized carbons (Fsp3) is 0.538. The van der Waals surface area contributed by atoms with Crippen LogP contribution in [-0.2, 0) is 0 Å². The van der Waals surface area contributed by atoms with Crippen molar-refractivity contribution in [3.63, 3.8) is 0 Å². The highest BCUT2D eigenvalue weighted by atomic mass is 32.2. The minimum absolute atomic E-state index is 0.331. The van der Waals surface area contributed by atoms with Crippen molar-refractivity contribution < 1.29 is 4.79 Å². The van der Waals surface area contributed by atoms with Gasteiger partial charge in [-0.15, -0.1) is 0 Å². The van der Waals surface area contributed by atoms with Gasteiger partial charge in [-0.2, -0.15) is 11.8 Å². The van der Waals surface area contributed by atoms with Gasteiger partial charge in [0.25, 0.3) is 5.91 Å². The molecule has 2 unspecified atom stereocenters. The number of aromatic nitrogens is 1. The first-order valence-corrected chi connectivity index (χ1v) is 7.75. The number of carbonyl (C=O) groups excluding carboxylic acids is 1. The maximum absolute atomic E-state index is 11.4. The Morgan fingerprint density at radius 3 is 2.89 bits per heavy atom. The normalized spacial score (nSPS) is 23.0. The molecule has 1 aromatic heterocycles. The average Bonchev–Trinajstić information content (AvgIpc) is 2.41. The molecule has 0 radical (unpaired) electrons. The topological polar surface area (TPSA) is 94.0 Å². The number of nitrogens with zero attached hydrogens (tertiary/aromatic N) is 1. The Morgan fingerprint density at radius 2 is 2.21 bits per heavy atom. The van der Waals surface area contributed by atoms with Gasteiger partial charge in [-0.1, -0.05) is 12.8 Å². The molecule has 1 fully saturated rings. The summed E-state index contributed by atoms with van der Waals surface area (Å²) in [6.45, 7) is 0. The summed E-state index contributed by atoms with van der Waals surface area (Å²) < 4.78 is 0. The van der Waals surface area contributed by atoms with E-state index in [0.717, 1.165) is 6.42 Å². The first kappa shape index (κ1) is 14.0. The monoisotopic (exact) mass is 280 g/mol. The van der Waals surface area contributed by atoms with E-state index in [9.17, 15) is 4.79 Å². The van der Waals surface area contributed by atoms with E-state index in [4.69, 9.17) is 11.5 Å². The molecular weight excluding hydrogens is 260 g/mol. The number of nitrogens with two attached hydrogens (primary N) is 2. The van der Waals surface area contributed by atoms with E-state index in [2.05, 4.69) is 16.6 Å². The van der Waals surface area contributed by atoms with E-state index in [-0.39, 0.29) is 0 Å². The third-order valence-electron chi connectivity index (χ3n) is 3.50. The van der Waals surface area contributed by atoms with Crippen LogP contribution in [0.2, 0.25) is 0 Å². The van der Waals surface area contributed by atoms with Gasteiger partial charge in [0.05, 0.1) is 17.4 Å². The highest BCUT2D eigenvalue weighted by Crippen LogP contribution is 2.30. The lowest BCUT2D eigenvalue weighted by Gasteiger charge is -2.31. The molecule has 1 saturated carbocycles. The van der Waals surface area contributed by atoms with Gasteiger partial charge in [-0.25, -0.2) is 4.98 Å². The second-order valence-electron chi connectivity index (χ2n) is 4.84. The minimum Gasteiger partial charge on any atom is -0.397 e. The molecule has 104 valence electrons. The third kappa shape index (κ3) is 3.32. The van der Waals surface area contributed by atoms with Crippen molar-refractivity contribution in [1.82, 2.24) is 4.98 Å². The molecule has 0 saturated heterocycles. The van der Waals surface area contributed by atoms with Crippen LogP contribution < -0.4 is 16.8 Å². The van der Waals surface area contributed by atoms with Gasteiger partial charge in [-0.3, -0.25) is 4.79 Å². The van der Waals surface area contributed by atoms with Crippen LogP contribution in [0.3, 0.4) is 0 Å². The predicted molar refractivity (Wildman–Crippen MR) is 80.3 cm³/mol. The van der Waals surface area contributed by atoms with Gasteiger partial charge in [-0.05, 0) is 25.2 Å². The van der Waals surface area contributed by atoms with E-state index in [1.807, 2.05) is 11.8 Å². The molecule has 5 nitrogen and oxygen atoms in total. The molecule has 6 heteroatoms. The quantitative estimate of drug-likeness (QED) is 0.782. The van der Waals surface area contributed by atoms with Crippen molar-refractivity contribution in [3.05, 3.63) is 17.8 Å². The molecule has 0 spiro atoms. The summed E-state index contributed by atoms with van der Waals surface area (Å²) in [5.74, 6) is 0.0476. The molecule has 1 aliphatic carbocycles. The smallest absolute Gasteiger partial charge is 0.252 e. The molecule has 0 aliphatic heterocycles. The molecule has 2 rings (SSSR count). The predicted octanol–water partition coefficient (Wildman–Crippen LogP) is 1.85. The zero-order valence-corrected chi connectivity index (χ0v) is 11.9. The van der Waals surface area contributed by atoms with Crippen LogP contribution in [0.4, 0.5) is 11.5 Å². The lowest BCUT2D eigenvalue weighted by Crippen LogP contribution is -2.35. The van der Waals surface area contributed by atoms with E-state index >= 15 is 0 Å². The lowest BCUT2D eigenvalue weighted by molar-refractivity contribution is 0.100. The van der Waals surface area contributed by atoms with Gasteiger partial charge in [0.2, 0.25) is 0 Å². The largest absolute Gasteiger partial charge is 0.397 e. The van der Waals surface area contributed by atoms with E-state index in [1.165, 1.54) is 19.3 Å². The number of anilines is 2. The Labute approximate surface area is 117 Å². The summed E-state index contributed by atoms with van der Waals surface area (Å²) in [6.07, 6.45) is 8.42. The van der Waals surface area contributed by atoms with Crippen LogP contribution in [0.15, 0.2) is 12.3 Å². The Morgan fingerprint density at radius 1 is 1.47 bits per heavy atom. The molecule has 1 heterocycles. The molecule has 0 aromatic carbocycles. The van der Waals surface area contributed by atoms with Crippen molar-refractivity contribution >= 4 is 29.2 Å². The highest BCUT2D eigenvalue weighted by Gasteiger charge is 2.25. The van der Waals surface area contributed by atoms with Crippen LogP contribution in [0, 0.1) is 0 Å². The van der Waals surface area contributed by atoms with Gasteiger partial charge in [0.15, 0.2) is 0 Å². The SMILES string of the molecule is CSC1CCCCC1Nc1ncc(N)cc1C(N)=O. The van der Waals surface area contributed by atoms with Crippen molar-refractivity contribution in [1.29, 1.82) is 0 Å². The van der Waals surface area contributed by atoms with Crippen molar-refractivity contribution in [2.75, 3.05) is 17.3 Å². The maximum atomic E-state index is 11.4. The molecule has 5 N–H and O–H groups in total. The third-order valence-corrected chi connectivity index (χ3v) is 4.67. The van der Waals surface area contributed by atoms with Gasteiger partial charge in [0, 0.05) is 11.3 Å². The minimum atomic E-state index is -0.501. The highest BCUT2D eigenvalue weighted by molar-refractivity contribution is 7.99. The summed E-state index contributed by atoms with van der Waals surface area (Å²) in [5.41, 5.74) is 11.8. The number of carbonyl (C=O) groups is 1. The number of amides is 1. The Balaban J connectivity index is 2.20. The Kier molecular flexibility index (Phi) is 4.52. The van der Waals surface area contributed by atoms with Crippen LogP contribution in [0.25, 0.3) is 0 Å². The fourth-order valence-electron chi connectivity index (χ4n) is 2.50. The summed E-state index contributed by atoms with van der Waals surface area (Å²) in [5, 5.41) is 3.92. The summed E-state index contributed by atoms with van der Waals surface area (Å²) in [6, 6.07) is 1.91. The number of hydrogen-bond donors (Lipinski definition) is 3. The maximum Gasteiger partial charge on any atom is 0.252 e. The van der Waals surface area contributed by atoms with E-state index in [0.29, 0.717) is 28.4 Å². The van der Waals surface area contributed by atoms with Crippen LogP contribution >= 0.6 is 11.8 Å². The van der Waals surface area contributed by atoms with Crippen LogP contribution in [0.5, 0.6) is 0 Å². The number of primary amides is 1. The van der Waals surface area contributed by atoms with Crippen LogP contribution in [0.1, 0.15) is 36.0 Å². The summed E-state index contributed by atoms with van der Waals surface area (Å²) in [4.78, 5) is 15.7. The van der Waals surface area contributed by atoms with Crippen molar-refractivity contribution in [3.8, 4) is 0 Å². The number of nitrogens with one attached hydrogen (secondary N) is 1. The molecule has 19 heavy (non-hydrogen) atoms.